The number of hydrogen-bond acceptors (Lipinski definition) is 7. The molecule has 4 rings (SSSR count). The Hall–Kier alpha value is -2.13. The van der Waals surface area contributed by atoms with Crippen molar-refractivity contribution in [1.29, 1.82) is 0 Å². The fourth-order valence-electron chi connectivity index (χ4n) is 2.37. The predicted octanol–water partition coefficient (Wildman–Crippen LogP) is 2.01. The minimum Gasteiger partial charge on any atom is -0.454 e. The van der Waals surface area contributed by atoms with Gasteiger partial charge in [0.2, 0.25) is 16.8 Å². The average Bonchev–Trinajstić information content (AvgIpc) is 3.05. The van der Waals surface area contributed by atoms with E-state index in [1.807, 2.05) is 6.07 Å². The van der Waals surface area contributed by atoms with Gasteiger partial charge in [-0.25, -0.2) is 18.1 Å². The van der Waals surface area contributed by atoms with Crippen molar-refractivity contribution in [2.75, 3.05) is 12.5 Å². The number of hydrogen-bond donors (Lipinski definition) is 1. The first-order valence-electron chi connectivity index (χ1n) is 7.41. The van der Waals surface area contributed by atoms with Crippen LogP contribution in [-0.4, -0.2) is 31.9 Å². The van der Waals surface area contributed by atoms with Crippen LogP contribution in [-0.2, 0) is 10.0 Å². The Bertz CT molecular complexity index is 902. The Morgan fingerprint density at radius 2 is 2.08 bits per heavy atom. The van der Waals surface area contributed by atoms with Crippen LogP contribution < -0.4 is 14.2 Å². The normalized spacial score (nSPS) is 16.2. The lowest BCUT2D eigenvalue weighted by atomic mass is 10.2. The van der Waals surface area contributed by atoms with Gasteiger partial charge < -0.3 is 9.47 Å². The summed E-state index contributed by atoms with van der Waals surface area (Å²) in [5.41, 5.74) is 0.782. The highest BCUT2D eigenvalue weighted by atomic mass is 32.2. The third-order valence-corrected chi connectivity index (χ3v) is 6.20. The predicted molar refractivity (Wildman–Crippen MR) is 87.7 cm³/mol. The van der Waals surface area contributed by atoms with Gasteiger partial charge in [-0.1, -0.05) is 0 Å². The van der Waals surface area contributed by atoms with Crippen molar-refractivity contribution in [2.45, 2.75) is 12.8 Å². The molecule has 0 saturated heterocycles. The maximum Gasteiger partial charge on any atom is 0.276 e. The van der Waals surface area contributed by atoms with E-state index in [1.54, 1.807) is 12.1 Å². The molecule has 1 aromatic heterocycles. The summed E-state index contributed by atoms with van der Waals surface area (Å²) < 4.78 is 36.5. The van der Waals surface area contributed by atoms with Gasteiger partial charge in [0.05, 0.1) is 11.9 Å². The summed E-state index contributed by atoms with van der Waals surface area (Å²) in [4.78, 5) is 16.6. The first kappa shape index (κ1) is 15.4. The average molecular weight is 366 g/mol. The maximum atomic E-state index is 12.1. The van der Waals surface area contributed by atoms with Gasteiger partial charge in [0.1, 0.15) is 9.88 Å². The highest BCUT2D eigenvalue weighted by Gasteiger charge is 2.29. The third kappa shape index (κ3) is 3.22. The summed E-state index contributed by atoms with van der Waals surface area (Å²) in [6.45, 7) is 0.184. The van der Waals surface area contributed by atoms with E-state index < -0.39 is 15.9 Å². The van der Waals surface area contributed by atoms with Crippen molar-refractivity contribution in [3.8, 4) is 22.1 Å². The van der Waals surface area contributed by atoms with Crippen molar-refractivity contribution >= 4 is 27.3 Å². The van der Waals surface area contributed by atoms with Gasteiger partial charge in [-0.15, -0.1) is 11.3 Å². The number of carbonyl (C=O) groups is 1. The second kappa shape index (κ2) is 5.75. The van der Waals surface area contributed by atoms with Crippen molar-refractivity contribution in [3.05, 3.63) is 29.3 Å². The molecule has 0 bridgehead atoms. The van der Waals surface area contributed by atoms with Crippen molar-refractivity contribution in [1.82, 2.24) is 9.71 Å². The number of rotatable bonds is 5. The molecule has 0 radical (unpaired) electrons. The standard InChI is InChI=1S/C15H14N2O5S2/c18-14(17-24(19,20)7-9-1-2-9)13-6-16-15(23-13)10-3-4-11-12(5-10)22-8-21-11/h3-6,9H,1-2,7-8H2,(H,17,18). The number of nitrogens with one attached hydrogen (secondary N) is 1. The Kier molecular flexibility index (Phi) is 3.69. The van der Waals surface area contributed by atoms with Crippen LogP contribution in [0.3, 0.4) is 0 Å². The van der Waals surface area contributed by atoms with Crippen molar-refractivity contribution < 1.29 is 22.7 Å². The van der Waals surface area contributed by atoms with Crippen molar-refractivity contribution in [2.24, 2.45) is 5.92 Å². The Morgan fingerprint density at radius 3 is 2.88 bits per heavy atom. The van der Waals surface area contributed by atoms with E-state index in [0.717, 1.165) is 29.7 Å². The summed E-state index contributed by atoms with van der Waals surface area (Å²) in [5.74, 6) is 0.841. The van der Waals surface area contributed by atoms with Crippen LogP contribution >= 0.6 is 11.3 Å². The molecule has 0 spiro atoms. The molecular weight excluding hydrogens is 352 g/mol. The van der Waals surface area contributed by atoms with E-state index in [2.05, 4.69) is 9.71 Å². The summed E-state index contributed by atoms with van der Waals surface area (Å²) >= 11 is 1.13. The fraction of sp³-hybridized carbons (Fsp3) is 0.333. The van der Waals surface area contributed by atoms with Crippen LogP contribution in [0.2, 0.25) is 0 Å². The summed E-state index contributed by atoms with van der Waals surface area (Å²) in [6.07, 6.45) is 3.19. The van der Waals surface area contributed by atoms with E-state index in [0.29, 0.717) is 16.5 Å². The fourth-order valence-corrected chi connectivity index (χ4v) is 4.67. The van der Waals surface area contributed by atoms with E-state index >= 15 is 0 Å². The van der Waals surface area contributed by atoms with Gasteiger partial charge in [-0.3, -0.25) is 4.79 Å². The molecule has 0 atom stereocenters. The molecule has 1 amide bonds. The molecule has 1 fully saturated rings. The van der Waals surface area contributed by atoms with E-state index in [4.69, 9.17) is 9.47 Å². The van der Waals surface area contributed by atoms with Gasteiger partial charge in [0.15, 0.2) is 11.5 Å². The number of carbonyl (C=O) groups excluding carboxylic acids is 1. The smallest absolute Gasteiger partial charge is 0.276 e. The lowest BCUT2D eigenvalue weighted by Gasteiger charge is -2.04. The SMILES string of the molecule is O=C(NS(=O)(=O)CC1CC1)c1cnc(-c2ccc3c(c2)OCO3)s1. The van der Waals surface area contributed by atoms with Crippen LogP contribution in [0.4, 0.5) is 0 Å². The number of sulfonamides is 1. The van der Waals surface area contributed by atoms with Gasteiger partial charge in [-0.05, 0) is 37.0 Å². The van der Waals surface area contributed by atoms with Gasteiger partial charge in [0, 0.05) is 5.56 Å². The zero-order valence-corrected chi connectivity index (χ0v) is 14.2. The third-order valence-electron chi connectivity index (χ3n) is 3.75. The second-order valence-corrected chi connectivity index (χ2v) is 8.55. The van der Waals surface area contributed by atoms with E-state index in [-0.39, 0.29) is 23.3 Å². The van der Waals surface area contributed by atoms with E-state index in [9.17, 15) is 13.2 Å². The first-order chi connectivity index (χ1) is 11.5. The minimum absolute atomic E-state index is 0.00651. The summed E-state index contributed by atoms with van der Waals surface area (Å²) in [7, 11) is -3.59. The summed E-state index contributed by atoms with van der Waals surface area (Å²) in [5, 5.41) is 0.609. The lowest BCUT2D eigenvalue weighted by molar-refractivity contribution is 0.0985. The van der Waals surface area contributed by atoms with Crippen LogP contribution in [0, 0.1) is 5.92 Å². The molecule has 1 N–H and O–H groups in total. The van der Waals surface area contributed by atoms with Gasteiger partial charge >= 0.3 is 0 Å². The highest BCUT2D eigenvalue weighted by molar-refractivity contribution is 7.90. The molecule has 1 aliphatic heterocycles. The zero-order valence-electron chi connectivity index (χ0n) is 12.5. The lowest BCUT2D eigenvalue weighted by Crippen LogP contribution is -2.32. The molecule has 7 nitrogen and oxygen atoms in total. The number of aromatic nitrogens is 1. The number of benzene rings is 1. The number of nitrogens with zero attached hydrogens (tertiary/aromatic N) is 1. The van der Waals surface area contributed by atoms with Crippen LogP contribution in [0.25, 0.3) is 10.6 Å². The minimum atomic E-state index is -3.59. The zero-order chi connectivity index (χ0) is 16.7. The number of amides is 1. The van der Waals surface area contributed by atoms with Crippen LogP contribution in [0.5, 0.6) is 11.5 Å². The molecule has 1 aromatic carbocycles. The molecule has 0 unspecified atom stereocenters. The van der Waals surface area contributed by atoms with Gasteiger partial charge in [0.25, 0.3) is 5.91 Å². The number of fused-ring (bicyclic) bond motifs is 1. The van der Waals surface area contributed by atoms with Gasteiger partial charge in [-0.2, -0.15) is 0 Å². The molecule has 2 heterocycles. The van der Waals surface area contributed by atoms with Crippen molar-refractivity contribution in [3.63, 3.8) is 0 Å². The Morgan fingerprint density at radius 1 is 1.29 bits per heavy atom. The molecular formula is C15H14N2O5S2. The Balaban J connectivity index is 1.50. The molecule has 2 aromatic rings. The Labute approximate surface area is 142 Å². The number of thiazole rings is 1. The molecule has 24 heavy (non-hydrogen) atoms. The molecule has 126 valence electrons. The quantitative estimate of drug-likeness (QED) is 0.870. The topological polar surface area (TPSA) is 94.6 Å². The number of ether oxygens (including phenoxy) is 2. The first-order valence-corrected chi connectivity index (χ1v) is 9.88. The molecule has 2 aliphatic rings. The molecule has 1 saturated carbocycles. The van der Waals surface area contributed by atoms with Crippen LogP contribution in [0.1, 0.15) is 22.5 Å². The second-order valence-electron chi connectivity index (χ2n) is 5.75. The van der Waals surface area contributed by atoms with E-state index in [1.165, 1.54) is 6.20 Å². The largest absolute Gasteiger partial charge is 0.454 e. The molecule has 1 aliphatic carbocycles. The maximum absolute atomic E-state index is 12.1. The van der Waals surface area contributed by atoms with Crippen LogP contribution in [0.15, 0.2) is 24.4 Å². The highest BCUT2D eigenvalue weighted by Crippen LogP contribution is 2.37. The molecule has 9 heteroatoms. The monoisotopic (exact) mass is 366 g/mol. The summed E-state index contributed by atoms with van der Waals surface area (Å²) in [6, 6.07) is 5.38.